The van der Waals surface area contributed by atoms with Gasteiger partial charge in [-0.3, -0.25) is 9.48 Å². The van der Waals surface area contributed by atoms with Gasteiger partial charge in [0.2, 0.25) is 0 Å². The Kier molecular flexibility index (Phi) is 4.84. The Morgan fingerprint density at radius 3 is 2.65 bits per heavy atom. The molecule has 0 atom stereocenters. The smallest absolute Gasteiger partial charge is 0.257 e. The highest BCUT2D eigenvalue weighted by molar-refractivity contribution is 9.10. The molecule has 0 aliphatic carbocycles. The van der Waals surface area contributed by atoms with E-state index in [0.717, 1.165) is 12.1 Å². The molecule has 0 aliphatic rings. The van der Waals surface area contributed by atoms with Crippen molar-refractivity contribution in [1.29, 1.82) is 0 Å². The Hall–Kier alpha value is -1.76. The third kappa shape index (κ3) is 3.63. The second-order valence-electron chi connectivity index (χ2n) is 4.12. The molecule has 20 heavy (non-hydrogen) atoms. The van der Waals surface area contributed by atoms with Crippen molar-refractivity contribution in [2.45, 2.75) is 13.0 Å². The van der Waals surface area contributed by atoms with Gasteiger partial charge in [-0.2, -0.15) is 5.10 Å². The summed E-state index contributed by atoms with van der Waals surface area (Å²) in [5.41, 5.74) is -0.563. The Bertz CT molecular complexity index is 579. The van der Waals surface area contributed by atoms with Crippen molar-refractivity contribution < 1.29 is 13.6 Å². The van der Waals surface area contributed by atoms with Crippen LogP contribution in [0.5, 0.6) is 0 Å². The second kappa shape index (κ2) is 6.60. The zero-order chi connectivity index (χ0) is 14.5. The number of carbonyl (C=O) groups is 1. The van der Waals surface area contributed by atoms with Crippen LogP contribution in [0, 0.1) is 11.6 Å². The molecule has 0 unspecified atom stereocenters. The fourth-order valence-corrected chi connectivity index (χ4v) is 2.13. The molecule has 0 radical (unpaired) electrons. The summed E-state index contributed by atoms with van der Waals surface area (Å²) in [6.07, 6.45) is 4.08. The lowest BCUT2D eigenvalue weighted by atomic mass is 10.2. The first-order valence-corrected chi connectivity index (χ1v) is 6.77. The number of aryl methyl sites for hydroxylation is 1. The number of amides is 1. The van der Waals surface area contributed by atoms with Crippen molar-refractivity contribution in [3.05, 3.63) is 52.3 Å². The van der Waals surface area contributed by atoms with E-state index in [1.165, 1.54) is 0 Å². The van der Waals surface area contributed by atoms with E-state index in [-0.39, 0.29) is 4.47 Å². The van der Waals surface area contributed by atoms with Gasteiger partial charge < -0.3 is 5.32 Å². The van der Waals surface area contributed by atoms with Crippen LogP contribution in [0.15, 0.2) is 35.1 Å². The third-order valence-electron chi connectivity index (χ3n) is 2.64. The quantitative estimate of drug-likeness (QED) is 0.848. The molecule has 1 N–H and O–H groups in total. The van der Waals surface area contributed by atoms with E-state index in [2.05, 4.69) is 26.3 Å². The van der Waals surface area contributed by atoms with Gasteiger partial charge in [0, 0.05) is 30.0 Å². The average Bonchev–Trinajstić information content (AvgIpc) is 2.86. The molecule has 0 saturated heterocycles. The van der Waals surface area contributed by atoms with E-state index in [1.807, 2.05) is 0 Å². The largest absolute Gasteiger partial charge is 0.352 e. The van der Waals surface area contributed by atoms with Crippen molar-refractivity contribution in [2.75, 3.05) is 6.54 Å². The fraction of sp³-hybridized carbons (Fsp3) is 0.231. The minimum absolute atomic E-state index is 0.253. The van der Waals surface area contributed by atoms with Gasteiger partial charge in [0.25, 0.3) is 5.91 Å². The molecule has 0 fully saturated rings. The van der Waals surface area contributed by atoms with Crippen molar-refractivity contribution in [3.63, 3.8) is 0 Å². The monoisotopic (exact) mass is 343 g/mol. The summed E-state index contributed by atoms with van der Waals surface area (Å²) < 4.78 is 29.1. The molecular weight excluding hydrogens is 332 g/mol. The molecule has 4 nitrogen and oxygen atoms in total. The molecule has 0 saturated carbocycles. The lowest BCUT2D eigenvalue weighted by molar-refractivity contribution is 0.0944. The Labute approximate surface area is 122 Å². The van der Waals surface area contributed by atoms with Gasteiger partial charge in [0.15, 0.2) is 0 Å². The van der Waals surface area contributed by atoms with Gasteiger partial charge in [-0.05, 0) is 24.6 Å². The van der Waals surface area contributed by atoms with Gasteiger partial charge in [0.05, 0.1) is 0 Å². The van der Waals surface area contributed by atoms with E-state index >= 15 is 0 Å². The number of halogens is 3. The number of hydrogen-bond donors (Lipinski definition) is 1. The Balaban J connectivity index is 1.89. The van der Waals surface area contributed by atoms with Crippen molar-refractivity contribution in [3.8, 4) is 0 Å². The zero-order valence-corrected chi connectivity index (χ0v) is 12.0. The highest BCUT2D eigenvalue weighted by Crippen LogP contribution is 2.19. The molecule has 0 bridgehead atoms. The van der Waals surface area contributed by atoms with Gasteiger partial charge in [0.1, 0.15) is 17.2 Å². The predicted octanol–water partition coefficient (Wildman–Crippen LogP) is 2.74. The van der Waals surface area contributed by atoms with Gasteiger partial charge in [-0.25, -0.2) is 8.78 Å². The van der Waals surface area contributed by atoms with E-state index in [9.17, 15) is 13.6 Å². The molecule has 1 heterocycles. The average molecular weight is 344 g/mol. The van der Waals surface area contributed by atoms with Crippen LogP contribution < -0.4 is 5.32 Å². The predicted molar refractivity (Wildman–Crippen MR) is 73.2 cm³/mol. The molecule has 7 heteroatoms. The van der Waals surface area contributed by atoms with Crippen LogP contribution in [0.1, 0.15) is 16.8 Å². The minimum Gasteiger partial charge on any atom is -0.352 e. The molecule has 1 aromatic heterocycles. The summed E-state index contributed by atoms with van der Waals surface area (Å²) in [7, 11) is 0. The van der Waals surface area contributed by atoms with Crippen LogP contribution in [-0.4, -0.2) is 22.2 Å². The summed E-state index contributed by atoms with van der Waals surface area (Å²) in [5.74, 6) is -2.53. The van der Waals surface area contributed by atoms with Gasteiger partial charge in [-0.15, -0.1) is 0 Å². The topological polar surface area (TPSA) is 46.9 Å². The van der Waals surface area contributed by atoms with E-state index < -0.39 is 23.1 Å². The Morgan fingerprint density at radius 1 is 1.35 bits per heavy atom. The third-order valence-corrected chi connectivity index (χ3v) is 3.10. The van der Waals surface area contributed by atoms with E-state index in [0.29, 0.717) is 19.5 Å². The normalized spacial score (nSPS) is 10.6. The van der Waals surface area contributed by atoms with Crippen LogP contribution in [0.4, 0.5) is 8.78 Å². The lowest BCUT2D eigenvalue weighted by Gasteiger charge is -2.07. The molecule has 106 valence electrons. The number of carbonyl (C=O) groups excluding carboxylic acids is 1. The first-order chi connectivity index (χ1) is 9.58. The maximum absolute atomic E-state index is 13.5. The summed E-state index contributed by atoms with van der Waals surface area (Å²) in [6, 6.07) is 3.91. The van der Waals surface area contributed by atoms with Crippen molar-refractivity contribution in [1.82, 2.24) is 15.1 Å². The highest BCUT2D eigenvalue weighted by atomic mass is 79.9. The molecular formula is C13H12BrF2N3O. The number of hydrogen-bond acceptors (Lipinski definition) is 2. The number of nitrogens with zero attached hydrogens (tertiary/aromatic N) is 2. The molecule has 0 aliphatic heterocycles. The van der Waals surface area contributed by atoms with Crippen LogP contribution in [0.25, 0.3) is 0 Å². The Morgan fingerprint density at radius 2 is 2.05 bits per heavy atom. The van der Waals surface area contributed by atoms with Gasteiger partial charge >= 0.3 is 0 Å². The van der Waals surface area contributed by atoms with E-state index in [1.54, 1.807) is 23.1 Å². The SMILES string of the molecule is O=C(NCCCn1cccn1)c1c(F)cc(Br)cc1F. The summed E-state index contributed by atoms with van der Waals surface area (Å²) in [5, 5.41) is 6.49. The van der Waals surface area contributed by atoms with Gasteiger partial charge in [-0.1, -0.05) is 15.9 Å². The van der Waals surface area contributed by atoms with Crippen LogP contribution in [0.2, 0.25) is 0 Å². The highest BCUT2D eigenvalue weighted by Gasteiger charge is 2.17. The summed E-state index contributed by atoms with van der Waals surface area (Å²) in [4.78, 5) is 11.7. The summed E-state index contributed by atoms with van der Waals surface area (Å²) >= 11 is 2.96. The van der Waals surface area contributed by atoms with Crippen molar-refractivity contribution >= 4 is 21.8 Å². The second-order valence-corrected chi connectivity index (χ2v) is 5.04. The molecule has 2 aromatic rings. The molecule has 1 aromatic carbocycles. The lowest BCUT2D eigenvalue weighted by Crippen LogP contribution is -2.27. The number of aromatic nitrogens is 2. The summed E-state index contributed by atoms with van der Waals surface area (Å²) in [6.45, 7) is 0.937. The van der Waals surface area contributed by atoms with Crippen LogP contribution in [0.3, 0.4) is 0 Å². The first kappa shape index (κ1) is 14.6. The maximum atomic E-state index is 13.5. The van der Waals surface area contributed by atoms with Crippen LogP contribution in [-0.2, 0) is 6.54 Å². The van der Waals surface area contributed by atoms with Crippen LogP contribution >= 0.6 is 15.9 Å². The van der Waals surface area contributed by atoms with Crippen molar-refractivity contribution in [2.24, 2.45) is 0 Å². The number of nitrogens with one attached hydrogen (secondary N) is 1. The number of rotatable bonds is 5. The zero-order valence-electron chi connectivity index (χ0n) is 10.4. The fourth-order valence-electron chi connectivity index (χ4n) is 1.72. The first-order valence-electron chi connectivity index (χ1n) is 5.98. The minimum atomic E-state index is -0.888. The van der Waals surface area contributed by atoms with E-state index in [4.69, 9.17) is 0 Å². The number of benzene rings is 1. The molecule has 0 spiro atoms. The molecule has 2 rings (SSSR count). The maximum Gasteiger partial charge on any atom is 0.257 e. The molecule has 1 amide bonds. The standard InChI is InChI=1S/C13H12BrF2N3O/c14-9-7-10(15)12(11(16)8-9)13(20)17-3-1-5-19-6-2-4-18-19/h2,4,6-8H,1,3,5H2,(H,17,20).